The number of urea groups is 1. The maximum absolute atomic E-state index is 13.4. The molecule has 0 saturated heterocycles. The molecular weight excluding hydrogens is 499 g/mol. The van der Waals surface area contributed by atoms with Gasteiger partial charge in [0.2, 0.25) is 5.91 Å². The summed E-state index contributed by atoms with van der Waals surface area (Å²) >= 11 is 1.19. The van der Waals surface area contributed by atoms with Crippen LogP contribution in [0.2, 0.25) is 0 Å². The van der Waals surface area contributed by atoms with E-state index in [1.807, 2.05) is 18.2 Å². The van der Waals surface area contributed by atoms with E-state index in [9.17, 15) is 22.8 Å². The molecule has 1 unspecified atom stereocenters. The lowest BCUT2D eigenvalue weighted by atomic mass is 10.1. The zero-order chi connectivity index (χ0) is 26.3. The summed E-state index contributed by atoms with van der Waals surface area (Å²) in [5.41, 5.74) is 0.613. The van der Waals surface area contributed by atoms with Crippen molar-refractivity contribution in [1.29, 1.82) is 0 Å². The molecule has 3 amide bonds. The Hall–Kier alpha value is -4.24. The second-order valence-corrected chi connectivity index (χ2v) is 9.09. The minimum atomic E-state index is -4.60. The van der Waals surface area contributed by atoms with Crippen LogP contribution in [0.5, 0.6) is 0 Å². The topological polar surface area (TPSA) is 70.2 Å². The second kappa shape index (κ2) is 11.7. The van der Waals surface area contributed by atoms with Gasteiger partial charge in [-0.25, -0.2) is 4.79 Å². The van der Waals surface area contributed by atoms with Gasteiger partial charge < -0.3 is 16.0 Å². The molecule has 0 radical (unpaired) electrons. The fraction of sp³-hybridized carbons (Fsp3) is 0.0714. The molecule has 37 heavy (non-hydrogen) atoms. The molecule has 0 aliphatic rings. The van der Waals surface area contributed by atoms with Crippen LogP contribution < -0.4 is 16.0 Å². The van der Waals surface area contributed by atoms with Crippen molar-refractivity contribution in [2.75, 3.05) is 16.0 Å². The first kappa shape index (κ1) is 25.8. The van der Waals surface area contributed by atoms with Crippen molar-refractivity contribution >= 4 is 40.8 Å². The van der Waals surface area contributed by atoms with Gasteiger partial charge in [-0.15, -0.1) is 11.8 Å². The van der Waals surface area contributed by atoms with E-state index in [4.69, 9.17) is 0 Å². The summed E-state index contributed by atoms with van der Waals surface area (Å²) < 4.78 is 40.3. The van der Waals surface area contributed by atoms with Crippen LogP contribution in [-0.2, 0) is 11.0 Å². The van der Waals surface area contributed by atoms with Gasteiger partial charge >= 0.3 is 12.2 Å². The average Bonchev–Trinajstić information content (AvgIpc) is 2.89. The minimum absolute atomic E-state index is 0.300. The fourth-order valence-corrected chi connectivity index (χ4v) is 4.53. The van der Waals surface area contributed by atoms with Gasteiger partial charge in [0.25, 0.3) is 0 Å². The average molecular weight is 522 g/mol. The Labute approximate surface area is 216 Å². The molecule has 188 valence electrons. The van der Waals surface area contributed by atoms with Gasteiger partial charge in [0, 0.05) is 16.3 Å². The van der Waals surface area contributed by atoms with Crippen LogP contribution >= 0.6 is 11.8 Å². The summed E-state index contributed by atoms with van der Waals surface area (Å²) in [6.07, 6.45) is -4.60. The van der Waals surface area contributed by atoms with E-state index in [0.717, 1.165) is 6.07 Å². The smallest absolute Gasteiger partial charge is 0.324 e. The number of anilines is 3. The fourth-order valence-electron chi connectivity index (χ4n) is 3.51. The maximum Gasteiger partial charge on any atom is 0.418 e. The van der Waals surface area contributed by atoms with Gasteiger partial charge in [0.15, 0.2) is 0 Å². The molecule has 0 bridgehead atoms. The Kier molecular flexibility index (Phi) is 8.15. The van der Waals surface area contributed by atoms with Crippen LogP contribution in [0.3, 0.4) is 0 Å². The standard InChI is InChI=1S/C28H22F3N3O2S/c29-28(30,31)23-13-7-8-14-24(23)34-26(35)25(19-9-3-1-4-10-19)37-22-17-15-21(16-18-22)33-27(36)32-20-11-5-2-6-12-20/h1-18,25H,(H,34,35)(H2,32,33,36). The lowest BCUT2D eigenvalue weighted by molar-refractivity contribution is -0.137. The Bertz CT molecular complexity index is 1350. The molecular formula is C28H22F3N3O2S. The van der Waals surface area contributed by atoms with Crippen LogP contribution in [0.1, 0.15) is 16.4 Å². The van der Waals surface area contributed by atoms with E-state index in [1.165, 1.54) is 30.0 Å². The largest absolute Gasteiger partial charge is 0.418 e. The first-order valence-electron chi connectivity index (χ1n) is 11.2. The number of carbonyl (C=O) groups is 2. The number of hydrogen-bond donors (Lipinski definition) is 3. The first-order valence-corrected chi connectivity index (χ1v) is 12.1. The zero-order valence-corrected chi connectivity index (χ0v) is 20.1. The van der Waals surface area contributed by atoms with E-state index >= 15 is 0 Å². The molecule has 9 heteroatoms. The quantitative estimate of drug-likeness (QED) is 0.217. The number of hydrogen-bond acceptors (Lipinski definition) is 3. The zero-order valence-electron chi connectivity index (χ0n) is 19.3. The molecule has 0 aliphatic heterocycles. The maximum atomic E-state index is 13.4. The minimum Gasteiger partial charge on any atom is -0.324 e. The molecule has 0 aliphatic carbocycles. The molecule has 4 rings (SSSR count). The predicted molar refractivity (Wildman–Crippen MR) is 141 cm³/mol. The normalized spacial score (nSPS) is 11.9. The van der Waals surface area contributed by atoms with E-state index in [-0.39, 0.29) is 5.69 Å². The summed E-state index contributed by atoms with van der Waals surface area (Å²) in [4.78, 5) is 26.1. The van der Waals surface area contributed by atoms with Crippen LogP contribution in [0.15, 0.2) is 114 Å². The summed E-state index contributed by atoms with van der Waals surface area (Å²) in [6.45, 7) is 0. The number of rotatable bonds is 7. The van der Waals surface area contributed by atoms with Gasteiger partial charge in [-0.2, -0.15) is 13.2 Å². The summed E-state index contributed by atoms with van der Waals surface area (Å²) in [5, 5.41) is 7.09. The molecule has 3 N–H and O–H groups in total. The number of thioether (sulfide) groups is 1. The third-order valence-corrected chi connectivity index (χ3v) is 6.49. The van der Waals surface area contributed by atoms with E-state index in [1.54, 1.807) is 66.7 Å². The van der Waals surface area contributed by atoms with Gasteiger partial charge in [0.05, 0.1) is 11.3 Å². The van der Waals surface area contributed by atoms with Gasteiger partial charge in [-0.05, 0) is 54.1 Å². The molecule has 1 atom stereocenters. The van der Waals surface area contributed by atoms with Gasteiger partial charge in [-0.3, -0.25) is 4.79 Å². The number of alkyl halides is 3. The predicted octanol–water partition coefficient (Wildman–Crippen LogP) is 7.82. The molecule has 0 aromatic heterocycles. The number of nitrogens with one attached hydrogen (secondary N) is 3. The Balaban J connectivity index is 1.49. The lowest BCUT2D eigenvalue weighted by Crippen LogP contribution is -2.21. The molecule has 0 heterocycles. The van der Waals surface area contributed by atoms with Crippen molar-refractivity contribution in [3.05, 3.63) is 120 Å². The lowest BCUT2D eigenvalue weighted by Gasteiger charge is -2.19. The summed E-state index contributed by atoms with van der Waals surface area (Å²) in [7, 11) is 0. The second-order valence-electron chi connectivity index (χ2n) is 7.91. The molecule has 5 nitrogen and oxygen atoms in total. The molecule has 0 saturated carbocycles. The van der Waals surface area contributed by atoms with E-state index < -0.39 is 28.9 Å². The van der Waals surface area contributed by atoms with Crippen molar-refractivity contribution < 1.29 is 22.8 Å². The molecule has 0 spiro atoms. The van der Waals surface area contributed by atoms with E-state index in [0.29, 0.717) is 21.8 Å². The monoisotopic (exact) mass is 521 g/mol. The van der Waals surface area contributed by atoms with Crippen molar-refractivity contribution in [2.45, 2.75) is 16.3 Å². The molecule has 0 fully saturated rings. The van der Waals surface area contributed by atoms with Crippen molar-refractivity contribution in [3.8, 4) is 0 Å². The number of benzene rings is 4. The highest BCUT2D eigenvalue weighted by Gasteiger charge is 2.34. The van der Waals surface area contributed by atoms with Gasteiger partial charge in [-0.1, -0.05) is 60.7 Å². The molecule has 4 aromatic carbocycles. The third-order valence-electron chi connectivity index (χ3n) is 5.23. The third kappa shape index (κ3) is 7.14. The number of carbonyl (C=O) groups excluding carboxylic acids is 2. The summed E-state index contributed by atoms with van der Waals surface area (Å²) in [5.74, 6) is -0.586. The van der Waals surface area contributed by atoms with Crippen LogP contribution in [0, 0.1) is 0 Å². The number of halogens is 3. The van der Waals surface area contributed by atoms with Crippen molar-refractivity contribution in [3.63, 3.8) is 0 Å². The van der Waals surface area contributed by atoms with Crippen LogP contribution in [-0.4, -0.2) is 11.9 Å². The highest BCUT2D eigenvalue weighted by molar-refractivity contribution is 8.00. The first-order chi connectivity index (χ1) is 17.8. The van der Waals surface area contributed by atoms with Crippen LogP contribution in [0.25, 0.3) is 0 Å². The highest BCUT2D eigenvalue weighted by Crippen LogP contribution is 2.39. The highest BCUT2D eigenvalue weighted by atomic mass is 32.2. The Morgan fingerprint density at radius 2 is 1.19 bits per heavy atom. The molecule has 4 aromatic rings. The SMILES string of the molecule is O=C(Nc1ccccc1)Nc1ccc(SC(C(=O)Nc2ccccc2C(F)(F)F)c2ccccc2)cc1. The van der Waals surface area contributed by atoms with Crippen LogP contribution in [0.4, 0.5) is 35.0 Å². The Morgan fingerprint density at radius 3 is 1.81 bits per heavy atom. The number of para-hydroxylation sites is 2. The van der Waals surface area contributed by atoms with Crippen molar-refractivity contribution in [1.82, 2.24) is 0 Å². The Morgan fingerprint density at radius 1 is 0.649 bits per heavy atom. The van der Waals surface area contributed by atoms with E-state index in [2.05, 4.69) is 16.0 Å². The summed E-state index contributed by atoms with van der Waals surface area (Å²) in [6, 6.07) is 29.1. The van der Waals surface area contributed by atoms with Gasteiger partial charge in [0.1, 0.15) is 5.25 Å². The number of amides is 3. The van der Waals surface area contributed by atoms with Crippen molar-refractivity contribution in [2.24, 2.45) is 0 Å².